The Balaban J connectivity index is 1.61. The van der Waals surface area contributed by atoms with Crippen LogP contribution in [0.25, 0.3) is 0 Å². The number of halogens is 3. The van der Waals surface area contributed by atoms with Crippen molar-refractivity contribution in [1.29, 1.82) is 0 Å². The van der Waals surface area contributed by atoms with E-state index in [9.17, 15) is 21.6 Å². The quantitative estimate of drug-likeness (QED) is 0.685. The summed E-state index contributed by atoms with van der Waals surface area (Å²) in [7, 11) is -3.71. The smallest absolute Gasteiger partial charge is 0.269 e. The second kappa shape index (κ2) is 7.27. The van der Waals surface area contributed by atoms with E-state index in [1.54, 1.807) is 11.6 Å². The normalized spacial score (nSPS) is 15.4. The van der Waals surface area contributed by atoms with Crippen LogP contribution in [-0.4, -0.2) is 34.5 Å². The predicted octanol–water partition coefficient (Wildman–Crippen LogP) is 2.67. The Bertz CT molecular complexity index is 913. The van der Waals surface area contributed by atoms with Crippen LogP contribution in [0.5, 0.6) is 0 Å². The number of alkyl halides is 3. The van der Waals surface area contributed by atoms with Crippen molar-refractivity contribution in [2.75, 3.05) is 6.54 Å². The highest BCUT2D eigenvalue weighted by molar-refractivity contribution is 7.89. The molecule has 0 atom stereocenters. The van der Waals surface area contributed by atoms with Crippen molar-refractivity contribution < 1.29 is 21.6 Å². The van der Waals surface area contributed by atoms with Gasteiger partial charge in [-0.15, -0.1) is 0 Å². The highest BCUT2D eigenvalue weighted by Gasteiger charge is 2.37. The largest absolute Gasteiger partial charge is 0.435 e. The van der Waals surface area contributed by atoms with Crippen molar-refractivity contribution in [2.45, 2.75) is 63.2 Å². The summed E-state index contributed by atoms with van der Waals surface area (Å²) in [4.78, 5) is 0.112. The highest BCUT2D eigenvalue weighted by atomic mass is 32.2. The number of hydrogen-bond donors (Lipinski definition) is 1. The second-order valence-electron chi connectivity index (χ2n) is 6.61. The maximum atomic E-state index is 12.9. The minimum absolute atomic E-state index is 0.102. The van der Waals surface area contributed by atoms with Crippen LogP contribution in [-0.2, 0) is 29.3 Å². The molecule has 0 amide bonds. The van der Waals surface area contributed by atoms with Gasteiger partial charge in [0.25, 0.3) is 0 Å². The van der Waals surface area contributed by atoms with Crippen LogP contribution < -0.4 is 4.72 Å². The first kappa shape index (κ1) is 19.9. The van der Waals surface area contributed by atoms with Gasteiger partial charge in [-0.3, -0.25) is 9.36 Å². The van der Waals surface area contributed by atoms with Crippen LogP contribution in [0, 0.1) is 6.92 Å². The summed E-state index contributed by atoms with van der Waals surface area (Å²) < 4.78 is 68.8. The standard InChI is InChI=1S/C16H22F3N5O2S/c1-3-23-11(2)14(10-20-23)27(25,26)21-7-4-8-24-13(12-5-6-12)9-15(22-24)16(17,18)19/h9-10,12,21H,3-8H2,1-2H3. The van der Waals surface area contributed by atoms with Gasteiger partial charge in [0, 0.05) is 31.2 Å². The molecule has 0 aliphatic heterocycles. The minimum Gasteiger partial charge on any atom is -0.269 e. The first-order chi connectivity index (χ1) is 12.6. The van der Waals surface area contributed by atoms with E-state index in [4.69, 9.17) is 0 Å². The summed E-state index contributed by atoms with van der Waals surface area (Å²) >= 11 is 0. The first-order valence-electron chi connectivity index (χ1n) is 8.80. The fourth-order valence-corrected chi connectivity index (χ4v) is 4.23. The van der Waals surface area contributed by atoms with Crippen LogP contribution in [0.15, 0.2) is 17.2 Å². The van der Waals surface area contributed by atoms with Gasteiger partial charge in [-0.1, -0.05) is 0 Å². The first-order valence-corrected chi connectivity index (χ1v) is 10.3. The van der Waals surface area contributed by atoms with Crippen LogP contribution in [0.3, 0.4) is 0 Å². The zero-order chi connectivity index (χ0) is 19.8. The van der Waals surface area contributed by atoms with Gasteiger partial charge in [-0.05, 0) is 39.2 Å². The number of nitrogens with one attached hydrogen (secondary N) is 1. The average Bonchev–Trinajstić information content (AvgIpc) is 3.21. The molecule has 150 valence electrons. The van der Waals surface area contributed by atoms with Crippen molar-refractivity contribution in [3.63, 3.8) is 0 Å². The molecule has 2 aromatic heterocycles. The molecule has 0 spiro atoms. The Morgan fingerprint density at radius 2 is 2.00 bits per heavy atom. The lowest BCUT2D eigenvalue weighted by Crippen LogP contribution is -2.26. The number of hydrogen-bond acceptors (Lipinski definition) is 4. The third-order valence-corrected chi connectivity index (χ3v) is 6.15. The Hall–Kier alpha value is -1.88. The van der Waals surface area contributed by atoms with Gasteiger partial charge in [0.15, 0.2) is 5.69 Å². The summed E-state index contributed by atoms with van der Waals surface area (Å²) in [5.74, 6) is 0.118. The third-order valence-electron chi connectivity index (χ3n) is 4.58. The van der Waals surface area contributed by atoms with Crippen LogP contribution in [0.1, 0.15) is 49.2 Å². The molecule has 0 bridgehead atoms. The van der Waals surface area contributed by atoms with Crippen molar-refractivity contribution in [1.82, 2.24) is 24.3 Å². The van der Waals surface area contributed by atoms with Gasteiger partial charge >= 0.3 is 6.18 Å². The maximum absolute atomic E-state index is 12.9. The monoisotopic (exact) mass is 405 g/mol. The summed E-state index contributed by atoms with van der Waals surface area (Å²) in [5.41, 5.74) is 0.223. The van der Waals surface area contributed by atoms with E-state index in [1.807, 2.05) is 6.92 Å². The summed E-state index contributed by atoms with van der Waals surface area (Å²) in [6, 6.07) is 1.10. The molecule has 27 heavy (non-hydrogen) atoms. The Kier molecular flexibility index (Phi) is 5.35. The SMILES string of the molecule is CCn1ncc(S(=O)(=O)NCCCn2nc(C(F)(F)F)cc2C2CC2)c1C. The molecule has 0 radical (unpaired) electrons. The zero-order valence-corrected chi connectivity index (χ0v) is 15.9. The summed E-state index contributed by atoms with van der Waals surface area (Å²) in [6.07, 6.45) is -1.13. The molecule has 0 saturated heterocycles. The van der Waals surface area contributed by atoms with Crippen LogP contribution in [0.4, 0.5) is 13.2 Å². The van der Waals surface area contributed by atoms with E-state index < -0.39 is 21.9 Å². The van der Waals surface area contributed by atoms with Crippen molar-refractivity contribution >= 4 is 10.0 Å². The summed E-state index contributed by atoms with van der Waals surface area (Å²) in [5, 5.41) is 7.68. The molecule has 1 saturated carbocycles. The Morgan fingerprint density at radius 1 is 1.30 bits per heavy atom. The molecule has 1 fully saturated rings. The predicted molar refractivity (Wildman–Crippen MR) is 91.6 cm³/mol. The lowest BCUT2D eigenvalue weighted by molar-refractivity contribution is -0.141. The van der Waals surface area contributed by atoms with E-state index in [-0.39, 0.29) is 23.9 Å². The molecule has 0 unspecified atom stereocenters. The van der Waals surface area contributed by atoms with Gasteiger partial charge in [-0.2, -0.15) is 23.4 Å². The molecule has 11 heteroatoms. The van der Waals surface area contributed by atoms with E-state index >= 15 is 0 Å². The van der Waals surface area contributed by atoms with Crippen LogP contribution in [0.2, 0.25) is 0 Å². The van der Waals surface area contributed by atoms with E-state index in [0.717, 1.165) is 18.9 Å². The fourth-order valence-electron chi connectivity index (χ4n) is 2.98. The number of aromatic nitrogens is 4. The van der Waals surface area contributed by atoms with Gasteiger partial charge in [0.05, 0.1) is 11.9 Å². The number of rotatable bonds is 8. The van der Waals surface area contributed by atoms with E-state index in [0.29, 0.717) is 24.4 Å². The molecule has 2 heterocycles. The molecular weight excluding hydrogens is 383 g/mol. The van der Waals surface area contributed by atoms with E-state index in [1.165, 1.54) is 10.9 Å². The highest BCUT2D eigenvalue weighted by Crippen LogP contribution is 2.42. The Labute approximate surface area is 155 Å². The number of nitrogens with zero attached hydrogens (tertiary/aromatic N) is 4. The van der Waals surface area contributed by atoms with Crippen molar-refractivity contribution in [2.24, 2.45) is 0 Å². The van der Waals surface area contributed by atoms with Gasteiger partial charge in [0.1, 0.15) is 4.90 Å². The van der Waals surface area contributed by atoms with Crippen molar-refractivity contribution in [3.05, 3.63) is 29.3 Å². The molecular formula is C16H22F3N5O2S. The van der Waals surface area contributed by atoms with Gasteiger partial charge in [0.2, 0.25) is 10.0 Å². The average molecular weight is 405 g/mol. The number of sulfonamides is 1. The maximum Gasteiger partial charge on any atom is 0.435 e. The second-order valence-corrected chi connectivity index (χ2v) is 8.35. The zero-order valence-electron chi connectivity index (χ0n) is 15.1. The molecule has 1 aliphatic carbocycles. The van der Waals surface area contributed by atoms with Crippen molar-refractivity contribution in [3.8, 4) is 0 Å². The molecule has 3 rings (SSSR count). The lowest BCUT2D eigenvalue weighted by atomic mass is 10.2. The van der Waals surface area contributed by atoms with Gasteiger partial charge in [-0.25, -0.2) is 13.1 Å². The van der Waals surface area contributed by atoms with Gasteiger partial charge < -0.3 is 0 Å². The number of aryl methyl sites for hydroxylation is 2. The minimum atomic E-state index is -4.48. The molecule has 1 N–H and O–H groups in total. The van der Waals surface area contributed by atoms with Crippen LogP contribution >= 0.6 is 0 Å². The lowest BCUT2D eigenvalue weighted by Gasteiger charge is -2.09. The third kappa shape index (κ3) is 4.34. The topological polar surface area (TPSA) is 81.8 Å². The molecule has 1 aliphatic rings. The fraction of sp³-hybridized carbons (Fsp3) is 0.625. The summed E-state index contributed by atoms with van der Waals surface area (Å²) in [6.45, 7) is 4.42. The Morgan fingerprint density at radius 3 is 2.56 bits per heavy atom. The molecule has 2 aromatic rings. The molecule has 0 aromatic carbocycles. The van der Waals surface area contributed by atoms with E-state index in [2.05, 4.69) is 14.9 Å². The molecule has 7 nitrogen and oxygen atoms in total.